The fourth-order valence-corrected chi connectivity index (χ4v) is 3.73. The summed E-state index contributed by atoms with van der Waals surface area (Å²) in [6.45, 7) is 11.1. The summed E-state index contributed by atoms with van der Waals surface area (Å²) in [4.78, 5) is 12.8. The Morgan fingerprint density at radius 2 is 1.64 bits per heavy atom. The van der Waals surface area contributed by atoms with E-state index in [1.807, 2.05) is 38.1 Å². The van der Waals surface area contributed by atoms with Crippen molar-refractivity contribution in [3.63, 3.8) is 0 Å². The molecule has 128 valence electrons. The quantitative estimate of drug-likeness (QED) is 0.437. The van der Waals surface area contributed by atoms with Crippen LogP contribution in [0.1, 0.15) is 52.4 Å². The standard InChI is InChI=1S/C21H26O2P.Li/c1-6-7-12-23-18-8-10-19(11-9-18)24-21(22)20-15(3)13-14(2)16(4)17(20)5;/h8-11,13H,6-7,12H2,1-5H3;/q-1;+1. The Morgan fingerprint density at radius 3 is 2.24 bits per heavy atom. The van der Waals surface area contributed by atoms with Gasteiger partial charge in [0, 0.05) is 5.52 Å². The summed E-state index contributed by atoms with van der Waals surface area (Å²) < 4.78 is 5.67. The minimum Gasteiger partial charge on any atom is -0.494 e. The Hall–Kier alpha value is -1.06. The molecule has 0 aliphatic rings. The van der Waals surface area contributed by atoms with Crippen LogP contribution in [0.15, 0.2) is 30.3 Å². The van der Waals surface area contributed by atoms with Gasteiger partial charge in [0.15, 0.2) is 0 Å². The van der Waals surface area contributed by atoms with Gasteiger partial charge in [-0.3, -0.25) is 0 Å². The maximum absolute atomic E-state index is 12.8. The Morgan fingerprint density at radius 1 is 1.00 bits per heavy atom. The van der Waals surface area contributed by atoms with Crippen molar-refractivity contribution >= 4 is 19.4 Å². The fourth-order valence-electron chi connectivity index (χ4n) is 2.74. The third-order valence-corrected chi connectivity index (χ3v) is 5.39. The number of hydrogen-bond donors (Lipinski definition) is 0. The molecule has 0 bridgehead atoms. The average molecular weight is 348 g/mol. The van der Waals surface area contributed by atoms with Crippen molar-refractivity contribution in [3.8, 4) is 5.75 Å². The van der Waals surface area contributed by atoms with Crippen LogP contribution in [-0.2, 0) is 0 Å². The predicted octanol–water partition coefficient (Wildman–Crippen LogP) is 2.52. The van der Waals surface area contributed by atoms with E-state index in [0.717, 1.165) is 47.2 Å². The zero-order valence-corrected chi connectivity index (χ0v) is 17.2. The van der Waals surface area contributed by atoms with Crippen LogP contribution in [0.3, 0.4) is 0 Å². The van der Waals surface area contributed by atoms with Gasteiger partial charge in [-0.05, 0) is 74.1 Å². The molecule has 0 heterocycles. The second kappa shape index (κ2) is 10.2. The number of unbranched alkanes of at least 4 members (excludes halogenated alkanes) is 1. The Labute approximate surface area is 165 Å². The van der Waals surface area contributed by atoms with E-state index in [-0.39, 0.29) is 24.4 Å². The first-order valence-electron chi connectivity index (χ1n) is 8.50. The van der Waals surface area contributed by atoms with Gasteiger partial charge in [0.25, 0.3) is 0 Å². The minimum absolute atomic E-state index is 0. The van der Waals surface area contributed by atoms with Crippen LogP contribution in [0.4, 0.5) is 0 Å². The molecule has 0 radical (unpaired) electrons. The normalized spacial score (nSPS) is 10.8. The van der Waals surface area contributed by atoms with Crippen LogP contribution in [0.2, 0.25) is 0 Å². The molecule has 0 fully saturated rings. The number of aryl methyl sites for hydroxylation is 2. The SMILES string of the molecule is CCCCOc1ccc([P-]C(=O)c2c(C)cc(C)c(C)c2C)cc1.[Li+]. The average Bonchev–Trinajstić information content (AvgIpc) is 2.54. The van der Waals surface area contributed by atoms with E-state index >= 15 is 0 Å². The third kappa shape index (κ3) is 5.72. The van der Waals surface area contributed by atoms with Gasteiger partial charge in [0.05, 0.1) is 6.61 Å². The molecule has 0 N–H and O–H groups in total. The molecule has 0 amide bonds. The van der Waals surface area contributed by atoms with Gasteiger partial charge in [-0.15, -0.1) is 0 Å². The van der Waals surface area contributed by atoms with Crippen molar-refractivity contribution < 1.29 is 28.4 Å². The minimum atomic E-state index is 0. The Kier molecular flexibility index (Phi) is 8.95. The van der Waals surface area contributed by atoms with Crippen LogP contribution in [0.25, 0.3) is 0 Å². The molecule has 0 saturated carbocycles. The van der Waals surface area contributed by atoms with E-state index in [2.05, 4.69) is 26.8 Å². The van der Waals surface area contributed by atoms with Crippen molar-refractivity contribution in [2.45, 2.75) is 47.5 Å². The van der Waals surface area contributed by atoms with Crippen molar-refractivity contribution in [2.75, 3.05) is 6.61 Å². The second-order valence-corrected chi connectivity index (χ2v) is 7.39. The topological polar surface area (TPSA) is 26.3 Å². The van der Waals surface area contributed by atoms with E-state index in [1.165, 1.54) is 11.1 Å². The molecule has 0 aliphatic carbocycles. The van der Waals surface area contributed by atoms with Crippen molar-refractivity contribution in [3.05, 3.63) is 58.1 Å². The molecule has 2 rings (SSSR count). The molecule has 0 aromatic heterocycles. The molecule has 0 aliphatic heterocycles. The number of hydrogen-bond acceptors (Lipinski definition) is 2. The molecule has 0 spiro atoms. The molecule has 2 aromatic rings. The van der Waals surface area contributed by atoms with Gasteiger partial charge in [-0.2, -0.15) is 5.30 Å². The monoisotopic (exact) mass is 348 g/mol. The van der Waals surface area contributed by atoms with Gasteiger partial charge in [-0.1, -0.05) is 31.5 Å². The van der Waals surface area contributed by atoms with Crippen molar-refractivity contribution in [2.24, 2.45) is 0 Å². The van der Waals surface area contributed by atoms with Gasteiger partial charge >= 0.3 is 18.9 Å². The molecule has 0 unspecified atom stereocenters. The van der Waals surface area contributed by atoms with Gasteiger partial charge in [0.1, 0.15) is 5.75 Å². The van der Waals surface area contributed by atoms with Crippen molar-refractivity contribution in [1.29, 1.82) is 0 Å². The number of ether oxygens (including phenoxy) is 1. The van der Waals surface area contributed by atoms with Crippen LogP contribution in [0, 0.1) is 27.7 Å². The summed E-state index contributed by atoms with van der Waals surface area (Å²) in [6, 6.07) is 9.96. The molecule has 2 aromatic carbocycles. The number of benzene rings is 2. The van der Waals surface area contributed by atoms with Crippen LogP contribution < -0.4 is 28.9 Å². The van der Waals surface area contributed by atoms with Crippen molar-refractivity contribution in [1.82, 2.24) is 0 Å². The van der Waals surface area contributed by atoms with Gasteiger partial charge < -0.3 is 18.1 Å². The summed E-state index contributed by atoms with van der Waals surface area (Å²) in [6.07, 6.45) is 2.18. The van der Waals surface area contributed by atoms with E-state index in [0.29, 0.717) is 8.58 Å². The molecule has 0 saturated heterocycles. The summed E-state index contributed by atoms with van der Waals surface area (Å²) in [5, 5.41) is 1.000. The first-order valence-corrected chi connectivity index (χ1v) is 9.39. The Balaban J connectivity index is 0.00000312. The van der Waals surface area contributed by atoms with Crippen LogP contribution >= 0.6 is 8.58 Å². The van der Waals surface area contributed by atoms with Crippen LogP contribution in [-0.4, -0.2) is 12.1 Å². The van der Waals surface area contributed by atoms with E-state index in [4.69, 9.17) is 4.74 Å². The molecular formula is C21H26LiO2P. The zero-order chi connectivity index (χ0) is 17.7. The summed E-state index contributed by atoms with van der Waals surface area (Å²) >= 11 is 0. The maximum Gasteiger partial charge on any atom is 1.00 e. The van der Waals surface area contributed by atoms with Crippen LogP contribution in [0.5, 0.6) is 5.75 Å². The molecule has 0 atom stereocenters. The summed E-state index contributed by atoms with van der Waals surface area (Å²) in [5.74, 6) is 0.869. The maximum atomic E-state index is 12.8. The first kappa shape index (κ1) is 22.0. The molecule has 4 heteroatoms. The summed E-state index contributed by atoms with van der Waals surface area (Å²) in [5.41, 5.74) is 5.64. The zero-order valence-electron chi connectivity index (χ0n) is 16.3. The first-order chi connectivity index (χ1) is 11.4. The van der Waals surface area contributed by atoms with Gasteiger partial charge in [0.2, 0.25) is 0 Å². The molecule has 2 nitrogen and oxygen atoms in total. The van der Waals surface area contributed by atoms with E-state index in [1.54, 1.807) is 0 Å². The molecular weight excluding hydrogens is 322 g/mol. The largest absolute Gasteiger partial charge is 1.00 e. The predicted molar refractivity (Wildman–Crippen MR) is 103 cm³/mol. The number of rotatable bonds is 7. The third-order valence-electron chi connectivity index (χ3n) is 4.40. The smallest absolute Gasteiger partial charge is 0.494 e. The van der Waals surface area contributed by atoms with E-state index < -0.39 is 0 Å². The Bertz CT molecular complexity index is 724. The number of carbonyl (C=O) groups is 1. The molecule has 25 heavy (non-hydrogen) atoms. The second-order valence-electron chi connectivity index (χ2n) is 6.25. The van der Waals surface area contributed by atoms with Gasteiger partial charge in [-0.25, -0.2) is 0 Å². The van der Waals surface area contributed by atoms with E-state index in [9.17, 15) is 4.79 Å². The fraction of sp³-hybridized carbons (Fsp3) is 0.381. The number of carbonyl (C=O) groups excluding carboxylic acids is 1. The summed E-state index contributed by atoms with van der Waals surface area (Å²) in [7, 11) is 0.714.